The molecule has 2 unspecified atom stereocenters. The summed E-state index contributed by atoms with van der Waals surface area (Å²) in [4.78, 5) is 0. The molecule has 0 bridgehead atoms. The van der Waals surface area contributed by atoms with Gasteiger partial charge in [-0.15, -0.1) is 0 Å². The van der Waals surface area contributed by atoms with Gasteiger partial charge in [0.2, 0.25) is 0 Å². The van der Waals surface area contributed by atoms with Crippen molar-refractivity contribution in [2.75, 3.05) is 6.54 Å². The van der Waals surface area contributed by atoms with Crippen LogP contribution in [0.5, 0.6) is 0 Å². The number of nitrogens with one attached hydrogen (secondary N) is 1. The zero-order chi connectivity index (χ0) is 5.98. The van der Waals surface area contributed by atoms with Gasteiger partial charge in [0.05, 0.1) is 3.92 Å². The fraction of sp³-hybridized carbons (Fsp3) is 1.00. The summed E-state index contributed by atoms with van der Waals surface area (Å²) in [5, 5.41) is 2.76. The van der Waals surface area contributed by atoms with Gasteiger partial charge in [-0.05, 0) is 19.4 Å². The second-order valence-corrected chi connectivity index (χ2v) is 3.61. The largest absolute Gasteiger partial charge is 0.287 e. The first-order valence-corrected chi connectivity index (χ1v) is 4.07. The molecule has 0 aromatic carbocycles. The van der Waals surface area contributed by atoms with Gasteiger partial charge in [0, 0.05) is 0 Å². The van der Waals surface area contributed by atoms with E-state index in [0.717, 1.165) is 19.4 Å². The molecule has 1 fully saturated rings. The highest BCUT2D eigenvalue weighted by atomic mass is 127. The molecule has 3 heteroatoms. The monoisotopic (exact) mass is 229 g/mol. The van der Waals surface area contributed by atoms with E-state index in [4.69, 9.17) is 0 Å². The Morgan fingerprint density at radius 3 is 2.75 bits per heavy atom. The highest BCUT2D eigenvalue weighted by Crippen LogP contribution is 2.17. The average molecular weight is 229 g/mol. The summed E-state index contributed by atoms with van der Waals surface area (Å²) in [6.45, 7) is 0.848. The van der Waals surface area contributed by atoms with Crippen LogP contribution in [-0.4, -0.2) is 16.8 Å². The number of halogens is 2. The molecule has 1 rings (SSSR count). The summed E-state index contributed by atoms with van der Waals surface area (Å²) < 4.78 is 12.7. The normalized spacial score (nSPS) is 39.8. The minimum absolute atomic E-state index is 0.196. The molecule has 1 aliphatic rings. The van der Waals surface area contributed by atoms with Gasteiger partial charge >= 0.3 is 0 Å². The molecule has 0 spiro atoms. The van der Waals surface area contributed by atoms with Crippen LogP contribution in [0.1, 0.15) is 12.8 Å². The van der Waals surface area contributed by atoms with E-state index in [9.17, 15) is 4.39 Å². The molecule has 0 saturated carbocycles. The van der Waals surface area contributed by atoms with Crippen molar-refractivity contribution in [3.05, 3.63) is 0 Å². The molecule has 1 nitrogen and oxygen atoms in total. The highest BCUT2D eigenvalue weighted by Gasteiger charge is 2.20. The van der Waals surface area contributed by atoms with E-state index < -0.39 is 6.30 Å². The molecule has 0 aliphatic carbocycles. The van der Waals surface area contributed by atoms with Crippen LogP contribution >= 0.6 is 22.6 Å². The lowest BCUT2D eigenvalue weighted by molar-refractivity contribution is 0.239. The van der Waals surface area contributed by atoms with Crippen molar-refractivity contribution < 1.29 is 4.39 Å². The Morgan fingerprint density at radius 2 is 2.38 bits per heavy atom. The van der Waals surface area contributed by atoms with Crippen molar-refractivity contribution in [3.63, 3.8) is 0 Å². The molecular weight excluding hydrogens is 220 g/mol. The third-order valence-corrected chi connectivity index (χ3v) is 2.57. The molecule has 0 radical (unpaired) electrons. The van der Waals surface area contributed by atoms with Crippen LogP contribution in [0.3, 0.4) is 0 Å². The van der Waals surface area contributed by atoms with Crippen molar-refractivity contribution in [2.24, 2.45) is 0 Å². The third kappa shape index (κ3) is 1.55. The van der Waals surface area contributed by atoms with Crippen molar-refractivity contribution >= 4 is 22.6 Å². The van der Waals surface area contributed by atoms with Gasteiger partial charge in [-0.25, -0.2) is 4.39 Å². The summed E-state index contributed by atoms with van der Waals surface area (Å²) in [6, 6.07) is 0. The van der Waals surface area contributed by atoms with Crippen LogP contribution in [-0.2, 0) is 0 Å². The van der Waals surface area contributed by atoms with Crippen LogP contribution in [0.2, 0.25) is 0 Å². The summed E-state index contributed by atoms with van der Waals surface area (Å²) in [7, 11) is 0. The SMILES string of the molecule is FC1NCCCC1I. The van der Waals surface area contributed by atoms with E-state index in [1.807, 2.05) is 0 Å². The Morgan fingerprint density at radius 1 is 1.62 bits per heavy atom. The molecule has 1 N–H and O–H groups in total. The van der Waals surface area contributed by atoms with E-state index in [-0.39, 0.29) is 3.92 Å². The fourth-order valence-corrected chi connectivity index (χ4v) is 1.51. The molecular formula is C5H9FIN. The zero-order valence-corrected chi connectivity index (χ0v) is 6.69. The molecule has 2 atom stereocenters. The fourth-order valence-electron chi connectivity index (χ4n) is 0.811. The second kappa shape index (κ2) is 2.96. The molecule has 1 aliphatic heterocycles. The first-order valence-electron chi connectivity index (χ1n) is 2.82. The number of hydrogen-bond acceptors (Lipinski definition) is 1. The van der Waals surface area contributed by atoms with Gasteiger partial charge in [-0.3, -0.25) is 5.32 Å². The number of piperidine rings is 1. The molecule has 48 valence electrons. The van der Waals surface area contributed by atoms with Gasteiger partial charge in [0.1, 0.15) is 0 Å². The molecule has 0 aromatic heterocycles. The Kier molecular flexibility index (Phi) is 2.49. The van der Waals surface area contributed by atoms with Gasteiger partial charge in [-0.2, -0.15) is 0 Å². The average Bonchev–Trinajstić information content (AvgIpc) is 1.77. The molecule has 1 saturated heterocycles. The van der Waals surface area contributed by atoms with Crippen LogP contribution in [0.25, 0.3) is 0 Å². The summed E-state index contributed by atoms with van der Waals surface area (Å²) in [5.74, 6) is 0. The quantitative estimate of drug-likeness (QED) is 0.376. The van der Waals surface area contributed by atoms with E-state index in [2.05, 4.69) is 27.9 Å². The van der Waals surface area contributed by atoms with Gasteiger partial charge in [-0.1, -0.05) is 22.6 Å². The maximum Gasteiger partial charge on any atom is 0.163 e. The minimum Gasteiger partial charge on any atom is -0.287 e. The van der Waals surface area contributed by atoms with E-state index in [1.165, 1.54) is 0 Å². The topological polar surface area (TPSA) is 12.0 Å². The first-order chi connectivity index (χ1) is 3.80. The van der Waals surface area contributed by atoms with Crippen molar-refractivity contribution in [3.8, 4) is 0 Å². The third-order valence-electron chi connectivity index (χ3n) is 1.31. The molecule has 1 heterocycles. The smallest absolute Gasteiger partial charge is 0.163 e. The van der Waals surface area contributed by atoms with E-state index in [0.29, 0.717) is 0 Å². The number of rotatable bonds is 0. The maximum atomic E-state index is 12.5. The van der Waals surface area contributed by atoms with Crippen molar-refractivity contribution in [1.82, 2.24) is 5.32 Å². The lowest BCUT2D eigenvalue weighted by atomic mass is 10.2. The molecule has 0 amide bonds. The van der Waals surface area contributed by atoms with Crippen LogP contribution in [0.15, 0.2) is 0 Å². The van der Waals surface area contributed by atoms with Gasteiger partial charge < -0.3 is 0 Å². The molecule has 8 heavy (non-hydrogen) atoms. The highest BCUT2D eigenvalue weighted by molar-refractivity contribution is 14.1. The van der Waals surface area contributed by atoms with Gasteiger partial charge in [0.15, 0.2) is 6.30 Å². The van der Waals surface area contributed by atoms with E-state index in [1.54, 1.807) is 0 Å². The van der Waals surface area contributed by atoms with Crippen LogP contribution in [0, 0.1) is 0 Å². The number of alkyl halides is 2. The standard InChI is InChI=1S/C5H9FIN/c6-5-4(7)2-1-3-8-5/h4-5,8H,1-3H2. The summed E-state index contributed by atoms with van der Waals surface area (Å²) >= 11 is 2.15. The Hall–Kier alpha value is 0.620. The second-order valence-electron chi connectivity index (χ2n) is 2.01. The molecule has 0 aromatic rings. The summed E-state index contributed by atoms with van der Waals surface area (Å²) in [5.41, 5.74) is 0. The zero-order valence-electron chi connectivity index (χ0n) is 4.53. The van der Waals surface area contributed by atoms with Crippen LogP contribution in [0.4, 0.5) is 4.39 Å². The predicted octanol–water partition coefficient (Wildman–Crippen LogP) is 1.47. The lowest BCUT2D eigenvalue weighted by Gasteiger charge is -2.21. The Balaban J connectivity index is 2.28. The van der Waals surface area contributed by atoms with Crippen molar-refractivity contribution in [1.29, 1.82) is 0 Å². The maximum absolute atomic E-state index is 12.5. The number of hydrogen-bond donors (Lipinski definition) is 1. The van der Waals surface area contributed by atoms with Gasteiger partial charge in [0.25, 0.3) is 0 Å². The van der Waals surface area contributed by atoms with E-state index >= 15 is 0 Å². The first kappa shape index (κ1) is 6.74. The lowest BCUT2D eigenvalue weighted by Crippen LogP contribution is -2.38. The predicted molar refractivity (Wildman–Crippen MR) is 39.9 cm³/mol. The van der Waals surface area contributed by atoms with Crippen LogP contribution < -0.4 is 5.32 Å². The van der Waals surface area contributed by atoms with Crippen molar-refractivity contribution in [2.45, 2.75) is 23.1 Å². The minimum atomic E-state index is -0.760. The summed E-state index contributed by atoms with van der Waals surface area (Å²) in [6.07, 6.45) is 1.38. The Bertz CT molecular complexity index is 68.8. The Labute approximate surface area is 62.2 Å².